The molecule has 0 amide bonds. The number of carbonyl (C=O) groups is 2. The second-order valence-corrected chi connectivity index (χ2v) is 3.65. The molecule has 13 heavy (non-hydrogen) atoms. The van der Waals surface area contributed by atoms with Gasteiger partial charge in [-0.3, -0.25) is 9.59 Å². The Morgan fingerprint density at radius 2 is 2.31 bits per heavy atom. The topological polar surface area (TPSA) is 43.4 Å². The van der Waals surface area contributed by atoms with Gasteiger partial charge in [-0.05, 0) is 25.7 Å². The van der Waals surface area contributed by atoms with Crippen molar-refractivity contribution in [3.63, 3.8) is 0 Å². The molecule has 1 rings (SSSR count). The zero-order chi connectivity index (χ0) is 9.84. The lowest BCUT2D eigenvalue weighted by molar-refractivity contribution is -0.153. The second kappa shape index (κ2) is 4.40. The maximum Gasteiger partial charge on any atom is 0.316 e. The first-order chi connectivity index (χ1) is 6.15. The summed E-state index contributed by atoms with van der Waals surface area (Å²) < 4.78 is 4.84. The third-order valence-electron chi connectivity index (χ3n) is 2.48. The predicted molar refractivity (Wildman–Crippen MR) is 48.1 cm³/mol. The molecular formula is C10H16O3. The second-order valence-electron chi connectivity index (χ2n) is 3.65. The molecule has 0 saturated heterocycles. The largest absolute Gasteiger partial charge is 0.465 e. The van der Waals surface area contributed by atoms with Crippen molar-refractivity contribution in [3.8, 4) is 0 Å². The van der Waals surface area contributed by atoms with Crippen LogP contribution in [0.15, 0.2) is 0 Å². The summed E-state index contributed by atoms with van der Waals surface area (Å²) in [6, 6.07) is 0. The molecule has 0 aromatic rings. The normalized spacial score (nSPS) is 28.6. The summed E-state index contributed by atoms with van der Waals surface area (Å²) in [7, 11) is 0. The van der Waals surface area contributed by atoms with E-state index in [4.69, 9.17) is 4.74 Å². The summed E-state index contributed by atoms with van der Waals surface area (Å²) in [5.74, 6) is -0.300. The van der Waals surface area contributed by atoms with Crippen LogP contribution in [0.25, 0.3) is 0 Å². The van der Waals surface area contributed by atoms with Crippen molar-refractivity contribution in [1.29, 1.82) is 0 Å². The third-order valence-corrected chi connectivity index (χ3v) is 2.48. The number of rotatable bonds is 2. The van der Waals surface area contributed by atoms with Gasteiger partial charge in [0, 0.05) is 6.42 Å². The third kappa shape index (κ3) is 2.54. The van der Waals surface area contributed by atoms with E-state index in [1.54, 1.807) is 6.92 Å². The fourth-order valence-corrected chi connectivity index (χ4v) is 1.69. The van der Waals surface area contributed by atoms with Crippen LogP contribution in [0, 0.1) is 11.8 Å². The minimum absolute atomic E-state index is 0.0524. The number of carbonyl (C=O) groups excluding carboxylic acids is 2. The van der Waals surface area contributed by atoms with Crippen molar-refractivity contribution in [3.05, 3.63) is 0 Å². The number of hydrogen-bond acceptors (Lipinski definition) is 3. The maximum atomic E-state index is 11.4. The van der Waals surface area contributed by atoms with E-state index < -0.39 is 5.92 Å². The van der Waals surface area contributed by atoms with Crippen LogP contribution in [0.5, 0.6) is 0 Å². The minimum atomic E-state index is -0.483. The highest BCUT2D eigenvalue weighted by Crippen LogP contribution is 2.26. The molecule has 1 saturated carbocycles. The van der Waals surface area contributed by atoms with Gasteiger partial charge in [0.15, 0.2) is 0 Å². The lowest BCUT2D eigenvalue weighted by Crippen LogP contribution is -2.31. The molecular weight excluding hydrogens is 168 g/mol. The highest BCUT2D eigenvalue weighted by atomic mass is 16.5. The van der Waals surface area contributed by atoms with Crippen molar-refractivity contribution in [1.82, 2.24) is 0 Å². The van der Waals surface area contributed by atoms with E-state index in [-0.39, 0.29) is 11.8 Å². The molecule has 74 valence electrons. The summed E-state index contributed by atoms with van der Waals surface area (Å²) in [6.07, 6.45) is 2.11. The summed E-state index contributed by atoms with van der Waals surface area (Å²) in [5.41, 5.74) is 0. The van der Waals surface area contributed by atoms with Gasteiger partial charge in [-0.1, -0.05) is 6.92 Å². The summed E-state index contributed by atoms with van der Waals surface area (Å²) >= 11 is 0. The lowest BCUT2D eigenvalue weighted by Gasteiger charge is -2.23. The molecule has 0 aliphatic heterocycles. The molecule has 3 heteroatoms. The van der Waals surface area contributed by atoms with Crippen molar-refractivity contribution in [2.24, 2.45) is 11.8 Å². The van der Waals surface area contributed by atoms with Crippen LogP contribution < -0.4 is 0 Å². The molecule has 0 aromatic heterocycles. The Bertz CT molecular complexity index is 210. The van der Waals surface area contributed by atoms with E-state index in [0.29, 0.717) is 25.4 Å². The molecule has 1 fully saturated rings. The summed E-state index contributed by atoms with van der Waals surface area (Å²) in [6.45, 7) is 4.18. The number of ketones is 1. The highest BCUT2D eigenvalue weighted by molar-refractivity contribution is 5.99. The fourth-order valence-electron chi connectivity index (χ4n) is 1.69. The van der Waals surface area contributed by atoms with Crippen LogP contribution in [-0.2, 0) is 14.3 Å². The molecule has 0 aromatic carbocycles. The molecule has 0 spiro atoms. The van der Waals surface area contributed by atoms with E-state index in [2.05, 4.69) is 6.92 Å². The molecule has 2 atom stereocenters. The first kappa shape index (κ1) is 10.2. The Balaban J connectivity index is 2.55. The van der Waals surface area contributed by atoms with Crippen LogP contribution >= 0.6 is 0 Å². The van der Waals surface area contributed by atoms with Gasteiger partial charge in [0.05, 0.1) is 6.61 Å². The van der Waals surface area contributed by atoms with Crippen molar-refractivity contribution < 1.29 is 14.3 Å². The quantitative estimate of drug-likeness (QED) is 0.483. The Labute approximate surface area is 78.5 Å². The van der Waals surface area contributed by atoms with Gasteiger partial charge in [-0.15, -0.1) is 0 Å². The minimum Gasteiger partial charge on any atom is -0.465 e. The van der Waals surface area contributed by atoms with Gasteiger partial charge in [-0.25, -0.2) is 0 Å². The SMILES string of the molecule is CCOC(=O)[C@@H]1C[C@H](C)CCC1=O. The monoisotopic (exact) mass is 184 g/mol. The van der Waals surface area contributed by atoms with Crippen LogP contribution in [0.1, 0.15) is 33.1 Å². The molecule has 0 unspecified atom stereocenters. The Hall–Kier alpha value is -0.860. The van der Waals surface area contributed by atoms with E-state index in [9.17, 15) is 9.59 Å². The molecule has 0 radical (unpaired) electrons. The highest BCUT2D eigenvalue weighted by Gasteiger charge is 2.32. The van der Waals surface area contributed by atoms with E-state index >= 15 is 0 Å². The van der Waals surface area contributed by atoms with Crippen molar-refractivity contribution in [2.75, 3.05) is 6.61 Å². The molecule has 0 bridgehead atoms. The zero-order valence-electron chi connectivity index (χ0n) is 8.21. The molecule has 0 heterocycles. The number of esters is 1. The van der Waals surface area contributed by atoms with Gasteiger partial charge in [0.1, 0.15) is 11.7 Å². The number of hydrogen-bond donors (Lipinski definition) is 0. The lowest BCUT2D eigenvalue weighted by atomic mass is 9.81. The molecule has 0 N–H and O–H groups in total. The van der Waals surface area contributed by atoms with E-state index in [0.717, 1.165) is 6.42 Å². The summed E-state index contributed by atoms with van der Waals surface area (Å²) in [5, 5.41) is 0. The molecule has 3 nitrogen and oxygen atoms in total. The van der Waals surface area contributed by atoms with Gasteiger partial charge in [-0.2, -0.15) is 0 Å². The molecule has 1 aliphatic carbocycles. The van der Waals surface area contributed by atoms with Gasteiger partial charge >= 0.3 is 5.97 Å². The van der Waals surface area contributed by atoms with Crippen LogP contribution in [0.4, 0.5) is 0 Å². The first-order valence-electron chi connectivity index (χ1n) is 4.84. The fraction of sp³-hybridized carbons (Fsp3) is 0.800. The summed E-state index contributed by atoms with van der Waals surface area (Å²) in [4.78, 5) is 22.7. The maximum absolute atomic E-state index is 11.4. The zero-order valence-corrected chi connectivity index (χ0v) is 8.21. The average Bonchev–Trinajstić information content (AvgIpc) is 2.09. The van der Waals surface area contributed by atoms with Crippen molar-refractivity contribution >= 4 is 11.8 Å². The smallest absolute Gasteiger partial charge is 0.316 e. The number of ether oxygens (including phenoxy) is 1. The van der Waals surface area contributed by atoms with E-state index in [1.807, 2.05) is 0 Å². The van der Waals surface area contributed by atoms with E-state index in [1.165, 1.54) is 0 Å². The predicted octanol–water partition coefficient (Wildman–Crippen LogP) is 1.55. The van der Waals surface area contributed by atoms with Crippen LogP contribution in [-0.4, -0.2) is 18.4 Å². The van der Waals surface area contributed by atoms with Gasteiger partial charge in [0.2, 0.25) is 0 Å². The standard InChI is InChI=1S/C10H16O3/c1-3-13-10(12)8-6-7(2)4-5-9(8)11/h7-8H,3-6H2,1-2H3/t7-,8-/m1/s1. The van der Waals surface area contributed by atoms with Gasteiger partial charge < -0.3 is 4.74 Å². The molecule has 1 aliphatic rings. The van der Waals surface area contributed by atoms with Gasteiger partial charge in [0.25, 0.3) is 0 Å². The average molecular weight is 184 g/mol. The number of Topliss-reactive ketones (excluding diaryl/α,β-unsaturated/α-hetero) is 1. The van der Waals surface area contributed by atoms with Crippen LogP contribution in [0.3, 0.4) is 0 Å². The van der Waals surface area contributed by atoms with Crippen LogP contribution in [0.2, 0.25) is 0 Å². The Morgan fingerprint density at radius 1 is 1.62 bits per heavy atom. The Kier molecular flexibility index (Phi) is 3.46. The van der Waals surface area contributed by atoms with Crippen molar-refractivity contribution in [2.45, 2.75) is 33.1 Å². The first-order valence-corrected chi connectivity index (χ1v) is 4.84. The Morgan fingerprint density at radius 3 is 2.92 bits per heavy atom.